The third kappa shape index (κ3) is 5.13. The molecule has 2 amide bonds. The number of carbonyl (C=O) groups is 2. The van der Waals surface area contributed by atoms with Gasteiger partial charge in [-0.3, -0.25) is 9.59 Å². The number of nitrogens with zero attached hydrogens (tertiary/aromatic N) is 6. The minimum atomic E-state index is -0.539. The first kappa shape index (κ1) is 25.5. The van der Waals surface area contributed by atoms with Crippen LogP contribution in [0.5, 0.6) is 5.75 Å². The summed E-state index contributed by atoms with van der Waals surface area (Å²) in [4.78, 5) is 43.3. The van der Waals surface area contributed by atoms with Crippen molar-refractivity contribution in [2.24, 2.45) is 12.5 Å². The average molecular weight is 519 g/mol. The van der Waals surface area contributed by atoms with Gasteiger partial charge in [-0.1, -0.05) is 0 Å². The highest BCUT2D eigenvalue weighted by molar-refractivity contribution is 6.01. The van der Waals surface area contributed by atoms with Gasteiger partial charge >= 0.3 is 0 Å². The highest BCUT2D eigenvalue weighted by atomic mass is 16.5. The minimum absolute atomic E-state index is 0.0433. The van der Waals surface area contributed by atoms with E-state index in [1.807, 2.05) is 31.7 Å². The molecule has 200 valence electrons. The van der Waals surface area contributed by atoms with Gasteiger partial charge in [-0.15, -0.1) is 0 Å². The van der Waals surface area contributed by atoms with E-state index in [0.717, 1.165) is 24.4 Å². The predicted molar refractivity (Wildman–Crippen MR) is 145 cm³/mol. The molecule has 2 aliphatic rings. The van der Waals surface area contributed by atoms with Crippen molar-refractivity contribution < 1.29 is 14.3 Å². The molecule has 11 nitrogen and oxygen atoms in total. The maximum Gasteiger partial charge on any atom is 0.251 e. The van der Waals surface area contributed by atoms with Crippen LogP contribution < -0.4 is 25.2 Å². The van der Waals surface area contributed by atoms with Crippen LogP contribution in [0.3, 0.4) is 0 Å². The van der Waals surface area contributed by atoms with Gasteiger partial charge in [0.1, 0.15) is 11.4 Å². The van der Waals surface area contributed by atoms with Gasteiger partial charge in [-0.05, 0) is 44.9 Å². The number of aryl methyl sites for hydroxylation is 1. The lowest BCUT2D eigenvalue weighted by Gasteiger charge is -2.29. The summed E-state index contributed by atoms with van der Waals surface area (Å²) in [5.41, 5.74) is 2.20. The molecule has 11 heteroatoms. The van der Waals surface area contributed by atoms with E-state index in [2.05, 4.69) is 25.5 Å². The molecule has 1 aliphatic carbocycles. The van der Waals surface area contributed by atoms with Crippen LogP contribution >= 0.6 is 0 Å². The number of nitrogens with one attached hydrogen (secondary N) is 2. The van der Waals surface area contributed by atoms with Crippen molar-refractivity contribution in [3.63, 3.8) is 0 Å². The van der Waals surface area contributed by atoms with Crippen LogP contribution in [0.25, 0.3) is 0 Å². The number of hydrogen-bond donors (Lipinski definition) is 2. The number of carbonyl (C=O) groups excluding carboxylic acids is 2. The number of imidazole rings is 1. The van der Waals surface area contributed by atoms with Crippen LogP contribution in [-0.4, -0.2) is 64.6 Å². The normalized spacial score (nSPS) is 16.6. The number of hydrogen-bond acceptors (Lipinski definition) is 8. The highest BCUT2D eigenvalue weighted by Crippen LogP contribution is 2.42. The van der Waals surface area contributed by atoms with E-state index in [-0.39, 0.29) is 11.8 Å². The first-order valence-corrected chi connectivity index (χ1v) is 12.8. The predicted octanol–water partition coefficient (Wildman–Crippen LogP) is 2.91. The van der Waals surface area contributed by atoms with Crippen LogP contribution in [0.15, 0.2) is 36.9 Å². The third-order valence-corrected chi connectivity index (χ3v) is 6.96. The fraction of sp³-hybridized carbons (Fsp3) is 0.444. The van der Waals surface area contributed by atoms with Crippen molar-refractivity contribution in [2.75, 3.05) is 42.4 Å². The molecule has 3 aromatic rings. The van der Waals surface area contributed by atoms with Crippen LogP contribution in [0.4, 0.5) is 23.1 Å². The van der Waals surface area contributed by atoms with E-state index in [1.54, 1.807) is 49.8 Å². The molecule has 0 bridgehead atoms. The molecular weight excluding hydrogens is 484 g/mol. The number of amides is 2. The van der Waals surface area contributed by atoms with Crippen molar-refractivity contribution in [1.82, 2.24) is 24.8 Å². The number of aromatic nitrogens is 4. The molecule has 1 aromatic carbocycles. The zero-order valence-electron chi connectivity index (χ0n) is 22.5. The van der Waals surface area contributed by atoms with E-state index in [4.69, 9.17) is 9.72 Å². The number of rotatable bonds is 8. The van der Waals surface area contributed by atoms with E-state index in [1.165, 1.54) is 0 Å². The van der Waals surface area contributed by atoms with Crippen molar-refractivity contribution >= 4 is 35.0 Å². The van der Waals surface area contributed by atoms with Crippen LogP contribution in [-0.2, 0) is 18.3 Å². The lowest BCUT2D eigenvalue weighted by Crippen LogP contribution is -2.43. The Morgan fingerprint density at radius 3 is 2.68 bits per heavy atom. The van der Waals surface area contributed by atoms with Gasteiger partial charge in [0, 0.05) is 51.4 Å². The Labute approximate surface area is 222 Å². The minimum Gasteiger partial charge on any atom is -0.495 e. The maximum absolute atomic E-state index is 13.1. The molecule has 2 N–H and O–H groups in total. The van der Waals surface area contributed by atoms with Gasteiger partial charge in [0.2, 0.25) is 11.9 Å². The Morgan fingerprint density at radius 2 is 2.00 bits per heavy atom. The van der Waals surface area contributed by atoms with Gasteiger partial charge in [-0.25, -0.2) is 9.97 Å². The number of fused-ring (bicyclic) bond motifs is 1. The Hall–Kier alpha value is -4.15. The summed E-state index contributed by atoms with van der Waals surface area (Å²) in [5.74, 6) is 1.48. The third-order valence-electron chi connectivity index (χ3n) is 6.96. The van der Waals surface area contributed by atoms with Crippen molar-refractivity contribution in [2.45, 2.75) is 39.2 Å². The van der Waals surface area contributed by atoms with Gasteiger partial charge < -0.3 is 29.7 Å². The number of methoxy groups -OCH3 is 1. The Kier molecular flexibility index (Phi) is 6.68. The maximum atomic E-state index is 13.1. The van der Waals surface area contributed by atoms with Gasteiger partial charge in [0.15, 0.2) is 5.82 Å². The molecule has 1 fully saturated rings. The quantitative estimate of drug-likeness (QED) is 0.468. The first-order chi connectivity index (χ1) is 18.2. The van der Waals surface area contributed by atoms with Crippen LogP contribution in [0, 0.1) is 5.41 Å². The molecular formula is C27H34N8O3. The topological polar surface area (TPSA) is 118 Å². The molecule has 2 aromatic heterocycles. The van der Waals surface area contributed by atoms with Gasteiger partial charge in [0.25, 0.3) is 5.91 Å². The van der Waals surface area contributed by atoms with E-state index >= 15 is 0 Å². The second-order valence-corrected chi connectivity index (χ2v) is 10.6. The summed E-state index contributed by atoms with van der Waals surface area (Å²) in [5, 5.41) is 6.16. The lowest BCUT2D eigenvalue weighted by atomic mass is 9.91. The van der Waals surface area contributed by atoms with Gasteiger partial charge in [0.05, 0.1) is 36.4 Å². The number of benzene rings is 1. The molecule has 0 unspecified atom stereocenters. The summed E-state index contributed by atoms with van der Waals surface area (Å²) in [6.07, 6.45) is 8.17. The fourth-order valence-electron chi connectivity index (χ4n) is 4.75. The van der Waals surface area contributed by atoms with E-state index < -0.39 is 5.41 Å². The number of ether oxygens (including phenoxy) is 1. The van der Waals surface area contributed by atoms with Crippen LogP contribution in [0.1, 0.15) is 42.7 Å². The number of anilines is 4. The molecule has 1 saturated carbocycles. The molecule has 3 heterocycles. The Balaban J connectivity index is 1.33. The zero-order valence-corrected chi connectivity index (χ0v) is 22.5. The summed E-state index contributed by atoms with van der Waals surface area (Å²) in [6, 6.07) is 5.57. The summed E-state index contributed by atoms with van der Waals surface area (Å²) >= 11 is 0. The molecule has 0 saturated heterocycles. The molecule has 1 aliphatic heterocycles. The Bertz CT molecular complexity index is 1360. The fourth-order valence-corrected chi connectivity index (χ4v) is 4.75. The lowest BCUT2D eigenvalue weighted by molar-refractivity contribution is -0.125. The second-order valence-electron chi connectivity index (χ2n) is 10.6. The zero-order chi connectivity index (χ0) is 27.0. The van der Waals surface area contributed by atoms with Gasteiger partial charge in [-0.2, -0.15) is 4.98 Å². The molecule has 38 heavy (non-hydrogen) atoms. The summed E-state index contributed by atoms with van der Waals surface area (Å²) in [6.45, 7) is 5.02. The van der Waals surface area contributed by atoms with Crippen LogP contribution in [0.2, 0.25) is 0 Å². The monoisotopic (exact) mass is 518 g/mol. The molecule has 5 rings (SSSR count). The van der Waals surface area contributed by atoms with E-state index in [9.17, 15) is 9.59 Å². The summed E-state index contributed by atoms with van der Waals surface area (Å²) < 4.78 is 7.45. The second kappa shape index (κ2) is 9.96. The largest absolute Gasteiger partial charge is 0.495 e. The average Bonchev–Trinajstić information content (AvgIpc) is 3.67. The molecule has 0 radical (unpaired) electrons. The highest BCUT2D eigenvalue weighted by Gasteiger charge is 2.43. The smallest absolute Gasteiger partial charge is 0.251 e. The molecule has 0 spiro atoms. The summed E-state index contributed by atoms with van der Waals surface area (Å²) in [7, 11) is 5.24. The van der Waals surface area contributed by atoms with Crippen molar-refractivity contribution in [3.8, 4) is 5.75 Å². The van der Waals surface area contributed by atoms with Crippen molar-refractivity contribution in [3.05, 3.63) is 48.2 Å². The SMILES string of the molecule is COc1cc(C(=O)NCCc2cn(C)cn2)ccc1Nc1ncc2c(n1)N(C1CC1)CC(C)(C)C(=O)N2C. The standard InChI is InChI=1S/C27H34N8O3/c1-27(2)15-35(19-7-8-19)23-21(34(4)25(27)37)13-29-26(32-23)31-20-9-6-17(12-22(20)38-5)24(36)28-11-10-18-14-33(3)16-30-18/h6,9,12-14,16,19H,7-8,10-11,15H2,1-5H3,(H,28,36)(H,29,31,32). The molecule has 0 atom stereocenters. The first-order valence-electron chi connectivity index (χ1n) is 12.8. The van der Waals surface area contributed by atoms with E-state index in [0.29, 0.717) is 54.2 Å². The van der Waals surface area contributed by atoms with Crippen molar-refractivity contribution in [1.29, 1.82) is 0 Å². The Morgan fingerprint density at radius 1 is 1.21 bits per heavy atom.